The van der Waals surface area contributed by atoms with E-state index in [4.69, 9.17) is 10.7 Å². The molecule has 0 saturated heterocycles. The number of aliphatic imine (C=N–C) groups is 2. The second kappa shape index (κ2) is 5.45. The lowest BCUT2D eigenvalue weighted by atomic mass is 9.93. The number of amidine groups is 1. The van der Waals surface area contributed by atoms with Gasteiger partial charge in [-0.15, -0.1) is 0 Å². The van der Waals surface area contributed by atoms with E-state index in [1.165, 1.54) is 5.56 Å². The molecule has 21 heavy (non-hydrogen) atoms. The summed E-state index contributed by atoms with van der Waals surface area (Å²) < 4.78 is 1.01. The van der Waals surface area contributed by atoms with Crippen molar-refractivity contribution in [1.82, 2.24) is 0 Å². The summed E-state index contributed by atoms with van der Waals surface area (Å²) in [7, 11) is 0. The van der Waals surface area contributed by atoms with Gasteiger partial charge in [-0.2, -0.15) is 0 Å². The minimum atomic E-state index is -0.653. The van der Waals surface area contributed by atoms with Crippen molar-refractivity contribution < 1.29 is 0 Å². The maximum atomic E-state index is 5.99. The van der Waals surface area contributed by atoms with E-state index in [-0.39, 0.29) is 0 Å². The average molecular weight is 342 g/mol. The molecule has 2 N–H and O–H groups in total. The average Bonchev–Trinajstić information content (AvgIpc) is 2.76. The van der Waals surface area contributed by atoms with Gasteiger partial charge in [0.25, 0.3) is 0 Å². The molecule has 1 aliphatic heterocycles. The molecule has 0 aromatic heterocycles. The van der Waals surface area contributed by atoms with E-state index in [2.05, 4.69) is 39.1 Å². The van der Waals surface area contributed by atoms with Gasteiger partial charge in [-0.1, -0.05) is 58.4 Å². The van der Waals surface area contributed by atoms with Crippen LogP contribution in [-0.2, 0) is 12.1 Å². The zero-order valence-electron chi connectivity index (χ0n) is 11.8. The van der Waals surface area contributed by atoms with Crippen molar-refractivity contribution in [2.75, 3.05) is 0 Å². The first-order valence-corrected chi connectivity index (χ1v) is 7.60. The van der Waals surface area contributed by atoms with Gasteiger partial charge in [0, 0.05) is 16.5 Å². The molecule has 106 valence electrons. The molecule has 3 rings (SSSR count). The molecule has 1 aliphatic rings. The molecule has 0 fully saturated rings. The van der Waals surface area contributed by atoms with Crippen molar-refractivity contribution in [2.24, 2.45) is 15.7 Å². The molecule has 0 spiro atoms. The molecule has 0 radical (unpaired) electrons. The maximum Gasteiger partial charge on any atom is 0.182 e. The third-order valence-corrected chi connectivity index (χ3v) is 4.10. The molecule has 0 bridgehead atoms. The molecule has 4 heteroatoms. The summed E-state index contributed by atoms with van der Waals surface area (Å²) in [6.45, 7) is 1.91. The second-order valence-electron chi connectivity index (χ2n) is 5.18. The zero-order chi connectivity index (χ0) is 14.9. The Bertz CT molecular complexity index is 702. The van der Waals surface area contributed by atoms with Crippen LogP contribution in [0.5, 0.6) is 0 Å². The normalized spacial score (nSPS) is 21.0. The van der Waals surface area contributed by atoms with E-state index in [9.17, 15) is 0 Å². The smallest absolute Gasteiger partial charge is 0.182 e. The standard InChI is InChI=1S/C17H16BrN3/c1-12-16(19)21-17(20-12,11-13-6-3-2-4-7-13)14-8-5-9-15(18)10-14/h2-10H,11H2,1H3,(H2,19,21). The number of nitrogens with zero attached hydrogens (tertiary/aromatic N) is 2. The van der Waals surface area contributed by atoms with Gasteiger partial charge < -0.3 is 5.73 Å². The molecule has 0 saturated carbocycles. The Labute approximate surface area is 132 Å². The highest BCUT2D eigenvalue weighted by atomic mass is 79.9. The predicted molar refractivity (Wildman–Crippen MR) is 90.7 cm³/mol. The van der Waals surface area contributed by atoms with E-state index >= 15 is 0 Å². The van der Waals surface area contributed by atoms with E-state index in [0.717, 1.165) is 15.7 Å². The van der Waals surface area contributed by atoms with Gasteiger partial charge >= 0.3 is 0 Å². The van der Waals surface area contributed by atoms with Crippen molar-refractivity contribution in [1.29, 1.82) is 0 Å². The van der Waals surface area contributed by atoms with Crippen molar-refractivity contribution in [2.45, 2.75) is 19.0 Å². The summed E-state index contributed by atoms with van der Waals surface area (Å²) in [5.74, 6) is 0.519. The first-order valence-electron chi connectivity index (χ1n) is 6.81. The maximum absolute atomic E-state index is 5.99. The van der Waals surface area contributed by atoms with Crippen molar-refractivity contribution in [3.63, 3.8) is 0 Å². The van der Waals surface area contributed by atoms with E-state index < -0.39 is 5.66 Å². The van der Waals surface area contributed by atoms with E-state index in [1.807, 2.05) is 43.3 Å². The molecule has 2 aromatic carbocycles. The first kappa shape index (κ1) is 14.0. The van der Waals surface area contributed by atoms with Gasteiger partial charge in [-0.05, 0) is 24.6 Å². The van der Waals surface area contributed by atoms with Crippen LogP contribution in [0.15, 0.2) is 69.1 Å². The summed E-state index contributed by atoms with van der Waals surface area (Å²) in [4.78, 5) is 9.45. The minimum Gasteiger partial charge on any atom is -0.382 e. The van der Waals surface area contributed by atoms with Crippen LogP contribution < -0.4 is 5.73 Å². The van der Waals surface area contributed by atoms with Crippen LogP contribution >= 0.6 is 15.9 Å². The fourth-order valence-electron chi connectivity index (χ4n) is 2.57. The number of hydrogen-bond donors (Lipinski definition) is 1. The summed E-state index contributed by atoms with van der Waals surface area (Å²) >= 11 is 3.52. The Hall–Kier alpha value is -1.94. The van der Waals surface area contributed by atoms with Crippen LogP contribution in [0.1, 0.15) is 18.1 Å². The number of nitrogens with two attached hydrogens (primary N) is 1. The largest absolute Gasteiger partial charge is 0.382 e. The van der Waals surface area contributed by atoms with Crippen molar-refractivity contribution >= 4 is 27.5 Å². The Morgan fingerprint density at radius 1 is 1.05 bits per heavy atom. The SMILES string of the molecule is CC1=NC(Cc2ccccc2)(c2cccc(Br)c2)N=C1N. The molecule has 1 atom stereocenters. The predicted octanol–water partition coefficient (Wildman–Crippen LogP) is 3.68. The van der Waals surface area contributed by atoms with Crippen LogP contribution in [0, 0.1) is 0 Å². The lowest BCUT2D eigenvalue weighted by Crippen LogP contribution is -2.23. The minimum absolute atomic E-state index is 0.519. The fourth-order valence-corrected chi connectivity index (χ4v) is 2.97. The summed E-state index contributed by atoms with van der Waals surface area (Å²) in [5, 5.41) is 0. The highest BCUT2D eigenvalue weighted by Gasteiger charge is 2.36. The highest BCUT2D eigenvalue weighted by Crippen LogP contribution is 2.36. The summed E-state index contributed by atoms with van der Waals surface area (Å²) in [6, 6.07) is 18.4. The van der Waals surface area contributed by atoms with Gasteiger partial charge in [-0.25, -0.2) is 4.99 Å². The fraction of sp³-hybridized carbons (Fsp3) is 0.176. The lowest BCUT2D eigenvalue weighted by Gasteiger charge is -2.24. The highest BCUT2D eigenvalue weighted by molar-refractivity contribution is 9.10. The second-order valence-corrected chi connectivity index (χ2v) is 6.10. The van der Waals surface area contributed by atoms with Gasteiger partial charge in [0.1, 0.15) is 5.84 Å². The summed E-state index contributed by atoms with van der Waals surface area (Å²) in [5.41, 5.74) is 8.36. The van der Waals surface area contributed by atoms with Crippen molar-refractivity contribution in [3.05, 3.63) is 70.2 Å². The Balaban J connectivity index is 2.09. The molecular formula is C17H16BrN3. The van der Waals surface area contributed by atoms with E-state index in [0.29, 0.717) is 12.3 Å². The monoisotopic (exact) mass is 341 g/mol. The molecule has 1 unspecified atom stereocenters. The Morgan fingerprint density at radius 2 is 1.81 bits per heavy atom. The van der Waals surface area contributed by atoms with E-state index in [1.54, 1.807) is 0 Å². The van der Waals surface area contributed by atoms with Gasteiger partial charge in [0.15, 0.2) is 5.66 Å². The van der Waals surface area contributed by atoms with Crippen LogP contribution in [-0.4, -0.2) is 11.5 Å². The third kappa shape index (κ3) is 2.76. The Kier molecular flexibility index (Phi) is 3.64. The van der Waals surface area contributed by atoms with Crippen LogP contribution in [0.3, 0.4) is 0 Å². The lowest BCUT2D eigenvalue weighted by molar-refractivity contribution is 0.479. The molecule has 0 amide bonds. The first-order chi connectivity index (χ1) is 10.1. The quantitative estimate of drug-likeness (QED) is 0.909. The zero-order valence-corrected chi connectivity index (χ0v) is 13.3. The molecule has 0 aliphatic carbocycles. The molecule has 2 aromatic rings. The van der Waals surface area contributed by atoms with Crippen LogP contribution in [0.25, 0.3) is 0 Å². The van der Waals surface area contributed by atoms with Gasteiger partial charge in [0.2, 0.25) is 0 Å². The van der Waals surface area contributed by atoms with Crippen LogP contribution in [0.2, 0.25) is 0 Å². The number of halogens is 1. The summed E-state index contributed by atoms with van der Waals surface area (Å²) in [6.07, 6.45) is 0.697. The molecular weight excluding hydrogens is 326 g/mol. The number of rotatable bonds is 3. The number of benzene rings is 2. The Morgan fingerprint density at radius 3 is 2.43 bits per heavy atom. The number of hydrogen-bond acceptors (Lipinski definition) is 3. The van der Waals surface area contributed by atoms with Crippen molar-refractivity contribution in [3.8, 4) is 0 Å². The topological polar surface area (TPSA) is 50.7 Å². The molecule has 3 nitrogen and oxygen atoms in total. The van der Waals surface area contributed by atoms with Gasteiger partial charge in [-0.3, -0.25) is 4.99 Å². The van der Waals surface area contributed by atoms with Crippen LogP contribution in [0.4, 0.5) is 0 Å². The third-order valence-electron chi connectivity index (χ3n) is 3.61. The molecule has 1 heterocycles. The van der Waals surface area contributed by atoms with Gasteiger partial charge in [0.05, 0.1) is 5.71 Å².